The molecule has 2 fully saturated rings. The van der Waals surface area contributed by atoms with Crippen molar-refractivity contribution in [2.45, 2.75) is 51.7 Å². The molecule has 2 saturated heterocycles. The first kappa shape index (κ1) is 12.8. The molecule has 0 aromatic rings. The fourth-order valence-electron chi connectivity index (χ4n) is 2.76. The fraction of sp³-hybridized carbons (Fsp3) is 0.923. The highest BCUT2D eigenvalue weighted by Gasteiger charge is 2.38. The lowest BCUT2D eigenvalue weighted by Gasteiger charge is -2.28. The molecule has 4 nitrogen and oxygen atoms in total. The number of nitrogens with zero attached hydrogens (tertiary/aromatic N) is 1. The van der Waals surface area contributed by atoms with E-state index in [0.29, 0.717) is 12.6 Å². The Morgan fingerprint density at radius 2 is 2.35 bits per heavy atom. The summed E-state index contributed by atoms with van der Waals surface area (Å²) >= 11 is 0. The summed E-state index contributed by atoms with van der Waals surface area (Å²) in [4.78, 5) is 14.1. The monoisotopic (exact) mass is 240 g/mol. The van der Waals surface area contributed by atoms with E-state index in [4.69, 9.17) is 4.74 Å². The maximum absolute atomic E-state index is 12.2. The van der Waals surface area contributed by atoms with Crippen LogP contribution in [0.4, 0.5) is 0 Å². The lowest BCUT2D eigenvalue weighted by molar-refractivity contribution is -0.132. The first-order valence-electron chi connectivity index (χ1n) is 6.66. The largest absolute Gasteiger partial charge is 0.373 e. The van der Waals surface area contributed by atoms with Crippen LogP contribution >= 0.6 is 0 Å². The van der Waals surface area contributed by atoms with Crippen LogP contribution in [0.3, 0.4) is 0 Å². The predicted octanol–water partition coefficient (Wildman–Crippen LogP) is 1.36. The smallest absolute Gasteiger partial charge is 0.240 e. The summed E-state index contributed by atoms with van der Waals surface area (Å²) in [6.45, 7) is 8.66. The van der Waals surface area contributed by atoms with E-state index in [1.807, 2.05) is 4.90 Å². The van der Waals surface area contributed by atoms with E-state index in [9.17, 15) is 4.79 Å². The van der Waals surface area contributed by atoms with Gasteiger partial charge in [0.25, 0.3) is 0 Å². The number of hydrogen-bond donors (Lipinski definition) is 1. The average Bonchev–Trinajstić information content (AvgIpc) is 2.79. The van der Waals surface area contributed by atoms with Crippen LogP contribution < -0.4 is 5.32 Å². The summed E-state index contributed by atoms with van der Waals surface area (Å²) in [7, 11) is 0. The summed E-state index contributed by atoms with van der Waals surface area (Å²) in [6.07, 6.45) is 3.10. The Labute approximate surface area is 104 Å². The summed E-state index contributed by atoms with van der Waals surface area (Å²) in [5, 5.41) is 3.30. The Morgan fingerprint density at radius 3 is 2.94 bits per heavy atom. The Balaban J connectivity index is 1.89. The van der Waals surface area contributed by atoms with E-state index in [1.165, 1.54) is 0 Å². The topological polar surface area (TPSA) is 41.6 Å². The van der Waals surface area contributed by atoms with Crippen LogP contribution in [0.15, 0.2) is 0 Å². The van der Waals surface area contributed by atoms with E-state index in [0.717, 1.165) is 32.4 Å². The third kappa shape index (κ3) is 2.99. The molecule has 2 aliphatic rings. The van der Waals surface area contributed by atoms with Gasteiger partial charge in [-0.05, 0) is 32.1 Å². The highest BCUT2D eigenvalue weighted by Crippen LogP contribution is 2.27. The van der Waals surface area contributed by atoms with Crippen molar-refractivity contribution in [1.82, 2.24) is 10.2 Å². The summed E-state index contributed by atoms with van der Waals surface area (Å²) in [5.41, 5.74) is -0.121. The van der Waals surface area contributed by atoms with E-state index in [2.05, 4.69) is 26.1 Å². The third-order valence-electron chi connectivity index (χ3n) is 3.67. The Kier molecular flexibility index (Phi) is 3.73. The molecular weight excluding hydrogens is 216 g/mol. The first-order chi connectivity index (χ1) is 8.00. The van der Waals surface area contributed by atoms with Crippen molar-refractivity contribution in [3.05, 3.63) is 0 Å². The zero-order valence-electron chi connectivity index (χ0n) is 11.2. The van der Waals surface area contributed by atoms with Crippen molar-refractivity contribution < 1.29 is 9.53 Å². The van der Waals surface area contributed by atoms with Crippen molar-refractivity contribution >= 4 is 5.91 Å². The second-order valence-corrected chi connectivity index (χ2v) is 5.98. The molecule has 2 heterocycles. The molecule has 1 amide bonds. The van der Waals surface area contributed by atoms with Crippen molar-refractivity contribution in [1.29, 1.82) is 0 Å². The molecule has 0 spiro atoms. The van der Waals surface area contributed by atoms with Gasteiger partial charge < -0.3 is 9.64 Å². The van der Waals surface area contributed by atoms with Crippen LogP contribution in [0, 0.1) is 5.92 Å². The van der Waals surface area contributed by atoms with Gasteiger partial charge in [0.1, 0.15) is 0 Å². The molecule has 1 N–H and O–H groups in total. The lowest BCUT2D eigenvalue weighted by Crippen LogP contribution is -2.42. The molecule has 4 heteroatoms. The molecule has 0 aromatic heterocycles. The number of hydrogen-bond acceptors (Lipinski definition) is 3. The minimum absolute atomic E-state index is 0.0139. The van der Waals surface area contributed by atoms with Crippen LogP contribution in [0.2, 0.25) is 0 Å². The van der Waals surface area contributed by atoms with Crippen molar-refractivity contribution in [2.75, 3.05) is 19.8 Å². The van der Waals surface area contributed by atoms with Gasteiger partial charge in [-0.15, -0.1) is 0 Å². The molecule has 0 saturated carbocycles. The molecule has 17 heavy (non-hydrogen) atoms. The Bertz CT molecular complexity index is 285. The van der Waals surface area contributed by atoms with E-state index < -0.39 is 0 Å². The van der Waals surface area contributed by atoms with Gasteiger partial charge in [-0.3, -0.25) is 10.1 Å². The van der Waals surface area contributed by atoms with Gasteiger partial charge in [-0.1, -0.05) is 13.8 Å². The SMILES string of the molecule is CC(C)CC1NCN(CC2(C)CCCO2)C1=O. The van der Waals surface area contributed by atoms with Gasteiger partial charge >= 0.3 is 0 Å². The molecule has 98 valence electrons. The van der Waals surface area contributed by atoms with E-state index in [1.54, 1.807) is 0 Å². The van der Waals surface area contributed by atoms with Crippen molar-refractivity contribution in [2.24, 2.45) is 5.92 Å². The maximum Gasteiger partial charge on any atom is 0.240 e. The van der Waals surface area contributed by atoms with Crippen LogP contribution in [0.1, 0.15) is 40.0 Å². The number of ether oxygens (including phenoxy) is 1. The van der Waals surface area contributed by atoms with Gasteiger partial charge in [0, 0.05) is 6.61 Å². The van der Waals surface area contributed by atoms with Gasteiger partial charge in [0.15, 0.2) is 0 Å². The van der Waals surface area contributed by atoms with Gasteiger partial charge in [0.2, 0.25) is 5.91 Å². The summed E-state index contributed by atoms with van der Waals surface area (Å²) in [5.74, 6) is 0.796. The number of amides is 1. The Hall–Kier alpha value is -0.610. The van der Waals surface area contributed by atoms with Gasteiger partial charge in [0.05, 0.1) is 24.9 Å². The lowest BCUT2D eigenvalue weighted by atomic mass is 10.0. The van der Waals surface area contributed by atoms with Gasteiger partial charge in [-0.25, -0.2) is 0 Å². The highest BCUT2D eigenvalue weighted by molar-refractivity contribution is 5.83. The standard InChI is InChI=1S/C13H24N2O2/c1-10(2)7-11-12(16)15(9-14-11)8-13(3)5-4-6-17-13/h10-11,14H,4-9H2,1-3H3. The number of carbonyl (C=O) groups excluding carboxylic acids is 1. The summed E-state index contributed by atoms with van der Waals surface area (Å²) in [6, 6.07) is 0.0139. The van der Waals surface area contributed by atoms with Gasteiger partial charge in [-0.2, -0.15) is 0 Å². The van der Waals surface area contributed by atoms with Crippen LogP contribution in [-0.2, 0) is 9.53 Å². The van der Waals surface area contributed by atoms with E-state index in [-0.39, 0.29) is 17.6 Å². The van der Waals surface area contributed by atoms with Crippen molar-refractivity contribution in [3.8, 4) is 0 Å². The van der Waals surface area contributed by atoms with Crippen LogP contribution in [0.5, 0.6) is 0 Å². The van der Waals surface area contributed by atoms with E-state index >= 15 is 0 Å². The minimum atomic E-state index is -0.121. The molecule has 0 aliphatic carbocycles. The molecule has 2 rings (SSSR count). The Morgan fingerprint density at radius 1 is 1.59 bits per heavy atom. The molecule has 2 aliphatic heterocycles. The number of carbonyl (C=O) groups is 1. The quantitative estimate of drug-likeness (QED) is 0.806. The first-order valence-corrected chi connectivity index (χ1v) is 6.66. The normalized spacial score (nSPS) is 34.0. The van der Waals surface area contributed by atoms with Crippen LogP contribution in [-0.4, -0.2) is 42.3 Å². The zero-order chi connectivity index (χ0) is 12.5. The fourth-order valence-corrected chi connectivity index (χ4v) is 2.76. The molecule has 0 radical (unpaired) electrons. The molecule has 0 bridgehead atoms. The molecular formula is C13H24N2O2. The third-order valence-corrected chi connectivity index (χ3v) is 3.67. The number of rotatable bonds is 4. The minimum Gasteiger partial charge on any atom is -0.373 e. The maximum atomic E-state index is 12.2. The van der Waals surface area contributed by atoms with Crippen LogP contribution in [0.25, 0.3) is 0 Å². The predicted molar refractivity (Wildman–Crippen MR) is 66.5 cm³/mol. The molecule has 0 aromatic carbocycles. The number of nitrogens with one attached hydrogen (secondary N) is 1. The van der Waals surface area contributed by atoms with Crippen molar-refractivity contribution in [3.63, 3.8) is 0 Å². The zero-order valence-corrected chi connectivity index (χ0v) is 11.2. The average molecular weight is 240 g/mol. The second-order valence-electron chi connectivity index (χ2n) is 5.98. The highest BCUT2D eigenvalue weighted by atomic mass is 16.5. The second kappa shape index (κ2) is 4.94. The molecule has 2 unspecified atom stereocenters. The molecule has 2 atom stereocenters. The summed E-state index contributed by atoms with van der Waals surface area (Å²) < 4.78 is 5.75.